The van der Waals surface area contributed by atoms with Gasteiger partial charge in [-0.2, -0.15) is 0 Å². The minimum atomic E-state index is -0.696. The van der Waals surface area contributed by atoms with Gasteiger partial charge in [0.05, 0.1) is 6.61 Å². The summed E-state index contributed by atoms with van der Waals surface area (Å²) in [5.74, 6) is 0.363. The predicted molar refractivity (Wildman–Crippen MR) is 54.6 cm³/mol. The molecule has 0 radical (unpaired) electrons. The molecular formula is C9H22N2O2. The molecule has 0 fully saturated rings. The molecule has 1 amide bonds. The van der Waals surface area contributed by atoms with Crippen molar-refractivity contribution in [2.75, 3.05) is 20.2 Å². The Kier molecular flexibility index (Phi) is 12.7. The highest BCUT2D eigenvalue weighted by Gasteiger charge is 1.95. The van der Waals surface area contributed by atoms with E-state index in [4.69, 9.17) is 0 Å². The second kappa shape index (κ2) is 11.2. The van der Waals surface area contributed by atoms with E-state index in [2.05, 4.69) is 22.7 Å². The van der Waals surface area contributed by atoms with Crippen LogP contribution < -0.4 is 11.1 Å². The average Bonchev–Trinajstić information content (AvgIpc) is 2.03. The lowest BCUT2D eigenvalue weighted by molar-refractivity contribution is 0.143. The zero-order valence-electron chi connectivity index (χ0n) is 9.09. The molecule has 0 aromatic carbocycles. The van der Waals surface area contributed by atoms with Crippen LogP contribution in [0.1, 0.15) is 27.2 Å². The number of ether oxygens (including phenoxy) is 1. The van der Waals surface area contributed by atoms with Gasteiger partial charge in [0.25, 0.3) is 0 Å². The standard InChI is InChI=1S/C5H11NO2.C4H11N/c1-4(2)3-8-5(6)7;1-3-4-5-2/h4H,3H2,1-2H3,(H2,6,7);5H,3-4H2,1-2H3. The molecule has 0 unspecified atom stereocenters. The summed E-state index contributed by atoms with van der Waals surface area (Å²) in [6.45, 7) is 7.59. The molecule has 4 heteroatoms. The van der Waals surface area contributed by atoms with Crippen LogP contribution in [0.25, 0.3) is 0 Å². The Labute approximate surface area is 80.8 Å². The third-order valence-corrected chi connectivity index (χ3v) is 1.06. The van der Waals surface area contributed by atoms with Crippen LogP contribution in [0.2, 0.25) is 0 Å². The molecule has 3 N–H and O–H groups in total. The summed E-state index contributed by atoms with van der Waals surface area (Å²) >= 11 is 0. The van der Waals surface area contributed by atoms with Crippen LogP contribution in [0.15, 0.2) is 0 Å². The highest BCUT2D eigenvalue weighted by atomic mass is 16.5. The first kappa shape index (κ1) is 14.7. The van der Waals surface area contributed by atoms with E-state index in [-0.39, 0.29) is 0 Å². The summed E-state index contributed by atoms with van der Waals surface area (Å²) in [5, 5.41) is 3.02. The third-order valence-electron chi connectivity index (χ3n) is 1.06. The SMILES string of the molecule is CC(C)COC(N)=O.CCCNC. The maximum Gasteiger partial charge on any atom is 0.404 e. The molecule has 0 rings (SSSR count). The molecule has 0 aliphatic carbocycles. The van der Waals surface area contributed by atoms with Gasteiger partial charge in [0.2, 0.25) is 0 Å². The summed E-state index contributed by atoms with van der Waals surface area (Å²) in [6, 6.07) is 0. The van der Waals surface area contributed by atoms with Crippen molar-refractivity contribution in [3.8, 4) is 0 Å². The van der Waals surface area contributed by atoms with Gasteiger partial charge in [-0.25, -0.2) is 4.79 Å². The summed E-state index contributed by atoms with van der Waals surface area (Å²) in [6.07, 6.45) is 0.537. The summed E-state index contributed by atoms with van der Waals surface area (Å²) in [4.78, 5) is 9.90. The van der Waals surface area contributed by atoms with Crippen LogP contribution in [0.4, 0.5) is 4.79 Å². The van der Waals surface area contributed by atoms with Gasteiger partial charge in [0.15, 0.2) is 0 Å². The zero-order valence-corrected chi connectivity index (χ0v) is 9.09. The van der Waals surface area contributed by atoms with Crippen LogP contribution in [0.5, 0.6) is 0 Å². The molecule has 4 nitrogen and oxygen atoms in total. The Morgan fingerprint density at radius 1 is 1.54 bits per heavy atom. The molecule has 0 bridgehead atoms. The molecule has 0 atom stereocenters. The maximum absolute atomic E-state index is 9.90. The largest absolute Gasteiger partial charge is 0.449 e. The Hall–Kier alpha value is -0.770. The topological polar surface area (TPSA) is 64.3 Å². The van der Waals surface area contributed by atoms with Gasteiger partial charge >= 0.3 is 6.09 Å². The number of amides is 1. The second-order valence-corrected chi connectivity index (χ2v) is 3.13. The summed E-state index contributed by atoms with van der Waals surface area (Å²) < 4.78 is 4.44. The smallest absolute Gasteiger partial charge is 0.404 e. The van der Waals surface area contributed by atoms with E-state index < -0.39 is 6.09 Å². The van der Waals surface area contributed by atoms with E-state index in [0.717, 1.165) is 6.54 Å². The number of hydrogen-bond acceptors (Lipinski definition) is 3. The fourth-order valence-electron chi connectivity index (χ4n) is 0.499. The van der Waals surface area contributed by atoms with Gasteiger partial charge in [-0.05, 0) is 25.9 Å². The van der Waals surface area contributed by atoms with Crippen molar-refractivity contribution < 1.29 is 9.53 Å². The van der Waals surface area contributed by atoms with Crippen LogP contribution in [0, 0.1) is 5.92 Å². The highest BCUT2D eigenvalue weighted by Crippen LogP contribution is 1.90. The number of primary amides is 1. The summed E-state index contributed by atoms with van der Waals surface area (Å²) in [5.41, 5.74) is 4.68. The Bertz CT molecular complexity index is 114. The fourth-order valence-corrected chi connectivity index (χ4v) is 0.499. The zero-order chi connectivity index (χ0) is 10.7. The van der Waals surface area contributed by atoms with Crippen LogP contribution in [0.3, 0.4) is 0 Å². The van der Waals surface area contributed by atoms with E-state index in [1.54, 1.807) is 0 Å². The van der Waals surface area contributed by atoms with Gasteiger partial charge in [-0.3, -0.25) is 0 Å². The molecule has 13 heavy (non-hydrogen) atoms. The van der Waals surface area contributed by atoms with Crippen LogP contribution >= 0.6 is 0 Å². The lowest BCUT2D eigenvalue weighted by Gasteiger charge is -2.01. The van der Waals surface area contributed by atoms with Crippen molar-refractivity contribution >= 4 is 6.09 Å². The molecule has 0 aromatic rings. The van der Waals surface area contributed by atoms with E-state index in [0.29, 0.717) is 12.5 Å². The van der Waals surface area contributed by atoms with Gasteiger partial charge in [-0.1, -0.05) is 20.8 Å². The Morgan fingerprint density at radius 3 is 2.15 bits per heavy atom. The van der Waals surface area contributed by atoms with E-state index in [1.807, 2.05) is 20.9 Å². The quantitative estimate of drug-likeness (QED) is 0.703. The number of nitrogens with one attached hydrogen (secondary N) is 1. The first-order chi connectivity index (χ1) is 6.04. The second-order valence-electron chi connectivity index (χ2n) is 3.13. The van der Waals surface area contributed by atoms with Crippen molar-refractivity contribution in [2.45, 2.75) is 27.2 Å². The van der Waals surface area contributed by atoms with Gasteiger partial charge in [-0.15, -0.1) is 0 Å². The normalized spacial score (nSPS) is 9.00. The minimum Gasteiger partial charge on any atom is -0.449 e. The average molecular weight is 190 g/mol. The van der Waals surface area contributed by atoms with Crippen molar-refractivity contribution in [3.05, 3.63) is 0 Å². The number of hydrogen-bond donors (Lipinski definition) is 2. The molecule has 0 aromatic heterocycles. The highest BCUT2D eigenvalue weighted by molar-refractivity contribution is 5.64. The Balaban J connectivity index is 0. The first-order valence-electron chi connectivity index (χ1n) is 4.61. The van der Waals surface area contributed by atoms with E-state index >= 15 is 0 Å². The fraction of sp³-hybridized carbons (Fsp3) is 0.889. The molecule has 0 spiro atoms. The number of carbonyl (C=O) groups is 1. The van der Waals surface area contributed by atoms with E-state index in [1.165, 1.54) is 6.42 Å². The molecule has 0 heterocycles. The molecule has 0 aliphatic heterocycles. The molecular weight excluding hydrogens is 168 g/mol. The van der Waals surface area contributed by atoms with Gasteiger partial charge in [0, 0.05) is 0 Å². The van der Waals surface area contributed by atoms with Gasteiger partial charge in [0.1, 0.15) is 0 Å². The number of rotatable bonds is 4. The minimum absolute atomic E-state index is 0.363. The number of nitrogens with two attached hydrogens (primary N) is 1. The molecule has 0 saturated heterocycles. The van der Waals surface area contributed by atoms with Crippen molar-refractivity contribution in [1.29, 1.82) is 0 Å². The Morgan fingerprint density at radius 2 is 2.08 bits per heavy atom. The van der Waals surface area contributed by atoms with Gasteiger partial charge < -0.3 is 15.8 Å². The lowest BCUT2D eigenvalue weighted by atomic mass is 10.2. The van der Waals surface area contributed by atoms with Crippen molar-refractivity contribution in [1.82, 2.24) is 5.32 Å². The lowest BCUT2D eigenvalue weighted by Crippen LogP contribution is -2.16. The summed E-state index contributed by atoms with van der Waals surface area (Å²) in [7, 11) is 1.96. The molecule has 0 aliphatic rings. The van der Waals surface area contributed by atoms with E-state index in [9.17, 15) is 4.79 Å². The third kappa shape index (κ3) is 24.6. The maximum atomic E-state index is 9.90. The first-order valence-corrected chi connectivity index (χ1v) is 4.61. The van der Waals surface area contributed by atoms with Crippen molar-refractivity contribution in [2.24, 2.45) is 11.7 Å². The molecule has 0 saturated carbocycles. The van der Waals surface area contributed by atoms with Crippen LogP contribution in [-0.2, 0) is 4.74 Å². The predicted octanol–water partition coefficient (Wildman–Crippen LogP) is 1.35. The monoisotopic (exact) mass is 190 g/mol. The van der Waals surface area contributed by atoms with Crippen LogP contribution in [-0.4, -0.2) is 26.3 Å². The number of carbonyl (C=O) groups excluding carboxylic acids is 1. The molecule has 80 valence electrons. The van der Waals surface area contributed by atoms with Crippen molar-refractivity contribution in [3.63, 3.8) is 0 Å².